The smallest absolute Gasteiger partial charge is 0.300 e. The number of hydrogen-bond donors (Lipinski definition) is 2. The molecule has 0 radical (unpaired) electrons. The number of anilines is 2. The average Bonchev–Trinajstić information content (AvgIpc) is 3.10. The Bertz CT molecular complexity index is 1310. The van der Waals surface area contributed by atoms with Gasteiger partial charge in [-0.3, -0.25) is 24.3 Å². The average molecular weight is 478 g/mol. The first-order chi connectivity index (χ1) is 16.3. The van der Waals surface area contributed by atoms with Crippen molar-refractivity contribution in [3.63, 3.8) is 0 Å². The third-order valence-corrected chi connectivity index (χ3v) is 5.56. The van der Waals surface area contributed by atoms with Crippen molar-refractivity contribution >= 4 is 46.3 Å². The standard InChI is InChI=1S/C25H20ClN3O5/c1-14(30)28-17-6-8-18(9-7-17)29-22(15-4-3-11-27-13-15)21(24(32)25(29)33)23(31)19-12-16(26)5-10-20(19)34-2/h3-13,22,31H,1-2H3,(H,28,30)/b23-21+. The van der Waals surface area contributed by atoms with Crippen LogP contribution in [0.5, 0.6) is 5.75 Å². The van der Waals surface area contributed by atoms with E-state index in [1.165, 1.54) is 31.2 Å². The van der Waals surface area contributed by atoms with Crippen molar-refractivity contribution in [2.75, 3.05) is 17.3 Å². The molecule has 1 aliphatic heterocycles. The van der Waals surface area contributed by atoms with Crippen LogP contribution in [0.3, 0.4) is 0 Å². The number of aliphatic hydroxyl groups is 1. The molecule has 1 unspecified atom stereocenters. The van der Waals surface area contributed by atoms with E-state index >= 15 is 0 Å². The molecule has 1 atom stereocenters. The second kappa shape index (κ2) is 9.36. The number of carbonyl (C=O) groups is 3. The molecule has 1 fully saturated rings. The Hall–Kier alpha value is -4.17. The minimum atomic E-state index is -0.955. The summed E-state index contributed by atoms with van der Waals surface area (Å²) in [5, 5.41) is 14.2. The van der Waals surface area contributed by atoms with Crippen molar-refractivity contribution < 1.29 is 24.2 Å². The van der Waals surface area contributed by atoms with Gasteiger partial charge in [0.2, 0.25) is 5.91 Å². The molecule has 4 rings (SSSR count). The van der Waals surface area contributed by atoms with Crippen LogP contribution in [0.15, 0.2) is 72.6 Å². The van der Waals surface area contributed by atoms with Gasteiger partial charge in [0.1, 0.15) is 11.5 Å². The number of amides is 2. The summed E-state index contributed by atoms with van der Waals surface area (Å²) in [4.78, 5) is 43.2. The second-order valence-electron chi connectivity index (χ2n) is 7.53. The van der Waals surface area contributed by atoms with Crippen molar-refractivity contribution in [1.29, 1.82) is 0 Å². The summed E-state index contributed by atoms with van der Waals surface area (Å²) in [6, 6.07) is 13.5. The van der Waals surface area contributed by atoms with Crippen LogP contribution in [0.4, 0.5) is 11.4 Å². The highest BCUT2D eigenvalue weighted by Crippen LogP contribution is 2.43. The third-order valence-electron chi connectivity index (χ3n) is 5.33. The highest BCUT2D eigenvalue weighted by molar-refractivity contribution is 6.51. The fourth-order valence-corrected chi connectivity index (χ4v) is 4.04. The van der Waals surface area contributed by atoms with Gasteiger partial charge in [-0.05, 0) is 54.1 Å². The van der Waals surface area contributed by atoms with Crippen LogP contribution in [-0.2, 0) is 14.4 Å². The van der Waals surface area contributed by atoms with Crippen LogP contribution >= 0.6 is 11.6 Å². The molecular formula is C25H20ClN3O5. The molecule has 2 amide bonds. The number of aromatic nitrogens is 1. The van der Waals surface area contributed by atoms with Gasteiger partial charge in [-0.25, -0.2) is 0 Å². The molecule has 8 nitrogen and oxygen atoms in total. The van der Waals surface area contributed by atoms with E-state index in [4.69, 9.17) is 16.3 Å². The molecular weight excluding hydrogens is 458 g/mol. The van der Waals surface area contributed by atoms with E-state index in [0.29, 0.717) is 22.0 Å². The van der Waals surface area contributed by atoms with Crippen LogP contribution in [0.25, 0.3) is 5.76 Å². The molecule has 2 heterocycles. The predicted molar refractivity (Wildman–Crippen MR) is 128 cm³/mol. The zero-order chi connectivity index (χ0) is 24.4. The number of ether oxygens (including phenoxy) is 1. The fraction of sp³-hybridized carbons (Fsp3) is 0.120. The quantitative estimate of drug-likeness (QED) is 0.321. The Morgan fingerprint density at radius 1 is 1.15 bits per heavy atom. The number of nitrogens with zero attached hydrogens (tertiary/aromatic N) is 2. The van der Waals surface area contributed by atoms with Crippen LogP contribution in [0.2, 0.25) is 5.02 Å². The maximum Gasteiger partial charge on any atom is 0.300 e. The number of nitrogens with one attached hydrogen (secondary N) is 1. The van der Waals surface area contributed by atoms with E-state index in [9.17, 15) is 19.5 Å². The van der Waals surface area contributed by atoms with Gasteiger partial charge < -0.3 is 15.2 Å². The summed E-state index contributed by atoms with van der Waals surface area (Å²) in [5.74, 6) is -2.04. The number of methoxy groups -OCH3 is 1. The molecule has 2 aromatic carbocycles. The van der Waals surface area contributed by atoms with Gasteiger partial charge in [-0.2, -0.15) is 0 Å². The number of hydrogen-bond acceptors (Lipinski definition) is 6. The number of halogens is 1. The Kier molecular flexibility index (Phi) is 6.34. The SMILES string of the molecule is COc1ccc(Cl)cc1/C(O)=C1\C(=O)C(=O)N(c2ccc(NC(C)=O)cc2)C1c1cccnc1. The Balaban J connectivity index is 1.90. The second-order valence-corrected chi connectivity index (χ2v) is 7.96. The van der Waals surface area contributed by atoms with Crippen LogP contribution < -0.4 is 15.0 Å². The molecule has 1 aromatic heterocycles. The zero-order valence-corrected chi connectivity index (χ0v) is 19.0. The minimum Gasteiger partial charge on any atom is -0.507 e. The largest absolute Gasteiger partial charge is 0.507 e. The van der Waals surface area contributed by atoms with E-state index in [2.05, 4.69) is 10.3 Å². The van der Waals surface area contributed by atoms with Crippen molar-refractivity contribution in [2.24, 2.45) is 0 Å². The van der Waals surface area contributed by atoms with Crippen molar-refractivity contribution in [1.82, 2.24) is 4.98 Å². The van der Waals surface area contributed by atoms with E-state index in [1.807, 2.05) is 0 Å². The fourth-order valence-electron chi connectivity index (χ4n) is 3.87. The number of aliphatic hydroxyl groups excluding tert-OH is 1. The summed E-state index contributed by atoms with van der Waals surface area (Å²) < 4.78 is 5.33. The van der Waals surface area contributed by atoms with Gasteiger partial charge in [0.05, 0.1) is 24.3 Å². The van der Waals surface area contributed by atoms with Crippen LogP contribution in [0, 0.1) is 0 Å². The van der Waals surface area contributed by atoms with Gasteiger partial charge >= 0.3 is 0 Å². The first-order valence-electron chi connectivity index (χ1n) is 10.2. The zero-order valence-electron chi connectivity index (χ0n) is 18.3. The molecule has 0 bridgehead atoms. The first kappa shape index (κ1) is 23.0. The van der Waals surface area contributed by atoms with Gasteiger partial charge in [0, 0.05) is 35.7 Å². The molecule has 1 aliphatic rings. The minimum absolute atomic E-state index is 0.121. The van der Waals surface area contributed by atoms with Crippen molar-refractivity contribution in [3.05, 3.63) is 88.7 Å². The predicted octanol–water partition coefficient (Wildman–Crippen LogP) is 4.33. The van der Waals surface area contributed by atoms with Crippen LogP contribution in [0.1, 0.15) is 24.1 Å². The van der Waals surface area contributed by atoms with Crippen LogP contribution in [-0.4, -0.2) is 34.8 Å². The molecule has 0 saturated carbocycles. The number of pyridine rings is 1. The highest BCUT2D eigenvalue weighted by Gasteiger charge is 2.47. The lowest BCUT2D eigenvalue weighted by molar-refractivity contribution is -0.132. The van der Waals surface area contributed by atoms with Gasteiger partial charge in [0.15, 0.2) is 0 Å². The number of carbonyl (C=O) groups excluding carboxylic acids is 3. The maximum absolute atomic E-state index is 13.2. The third kappa shape index (κ3) is 4.23. The summed E-state index contributed by atoms with van der Waals surface area (Å²) in [5.41, 5.74) is 1.53. The van der Waals surface area contributed by atoms with Crippen molar-refractivity contribution in [2.45, 2.75) is 13.0 Å². The van der Waals surface area contributed by atoms with E-state index in [1.54, 1.807) is 54.7 Å². The number of ketones is 1. The Morgan fingerprint density at radius 2 is 1.88 bits per heavy atom. The topological polar surface area (TPSA) is 109 Å². The highest BCUT2D eigenvalue weighted by atomic mass is 35.5. The summed E-state index contributed by atoms with van der Waals surface area (Å²) in [6.45, 7) is 1.39. The molecule has 1 saturated heterocycles. The lowest BCUT2D eigenvalue weighted by atomic mass is 9.96. The normalized spacial score (nSPS) is 17.0. The van der Waals surface area contributed by atoms with Crippen molar-refractivity contribution in [3.8, 4) is 5.75 Å². The molecule has 172 valence electrons. The van der Waals surface area contributed by atoms with Gasteiger partial charge in [-0.1, -0.05) is 17.7 Å². The van der Waals surface area contributed by atoms with E-state index < -0.39 is 23.5 Å². The molecule has 9 heteroatoms. The molecule has 2 N–H and O–H groups in total. The lowest BCUT2D eigenvalue weighted by Gasteiger charge is -2.25. The van der Waals surface area contributed by atoms with E-state index in [0.717, 1.165) is 0 Å². The number of benzene rings is 2. The Morgan fingerprint density at radius 3 is 2.50 bits per heavy atom. The summed E-state index contributed by atoms with van der Waals surface area (Å²) in [7, 11) is 1.42. The summed E-state index contributed by atoms with van der Waals surface area (Å²) in [6.07, 6.45) is 3.09. The molecule has 0 aliphatic carbocycles. The van der Waals surface area contributed by atoms with Gasteiger partial charge in [-0.15, -0.1) is 0 Å². The summed E-state index contributed by atoms with van der Waals surface area (Å²) >= 11 is 6.13. The van der Waals surface area contributed by atoms with E-state index in [-0.39, 0.29) is 22.8 Å². The number of rotatable bonds is 5. The maximum atomic E-state index is 13.2. The van der Waals surface area contributed by atoms with Gasteiger partial charge in [0.25, 0.3) is 11.7 Å². The molecule has 0 spiro atoms. The monoisotopic (exact) mass is 477 g/mol. The molecule has 34 heavy (non-hydrogen) atoms. The first-order valence-corrected chi connectivity index (χ1v) is 10.6. The Labute approximate surface area is 200 Å². The molecule has 3 aromatic rings. The lowest BCUT2D eigenvalue weighted by Crippen LogP contribution is -2.29. The number of Topliss-reactive ketones (excluding diaryl/α,β-unsaturated/α-hetero) is 1.